The summed E-state index contributed by atoms with van der Waals surface area (Å²) < 4.78 is 0. The Balaban J connectivity index is 2.28. The second-order valence-corrected chi connectivity index (χ2v) is 5.82. The number of hydrogen-bond donors (Lipinski definition) is 1. The van der Waals surface area contributed by atoms with Crippen molar-refractivity contribution in [2.75, 3.05) is 39.3 Å². The highest BCUT2D eigenvalue weighted by atomic mass is 16.4. The summed E-state index contributed by atoms with van der Waals surface area (Å²) in [7, 11) is 0. The molecule has 0 radical (unpaired) electrons. The van der Waals surface area contributed by atoms with Gasteiger partial charge in [0.15, 0.2) is 0 Å². The van der Waals surface area contributed by atoms with Gasteiger partial charge in [-0.15, -0.1) is 0 Å². The molecule has 0 saturated heterocycles. The molecule has 1 saturated carbocycles. The lowest BCUT2D eigenvalue weighted by Gasteiger charge is -2.26. The maximum Gasteiger partial charge on any atom is 0.303 e. The Labute approximate surface area is 117 Å². The van der Waals surface area contributed by atoms with E-state index in [1.165, 1.54) is 6.42 Å². The van der Waals surface area contributed by atoms with Gasteiger partial charge in [0.2, 0.25) is 0 Å². The summed E-state index contributed by atoms with van der Waals surface area (Å²) in [5.74, 6) is -0.642. The van der Waals surface area contributed by atoms with Crippen LogP contribution < -0.4 is 0 Å². The van der Waals surface area contributed by atoms with Crippen LogP contribution in [0, 0.1) is 5.41 Å². The van der Waals surface area contributed by atoms with Gasteiger partial charge in [-0.3, -0.25) is 4.79 Å². The van der Waals surface area contributed by atoms with Crippen LogP contribution >= 0.6 is 0 Å². The summed E-state index contributed by atoms with van der Waals surface area (Å²) in [6.07, 6.45) is 3.70. The molecule has 0 bridgehead atoms. The maximum absolute atomic E-state index is 10.9. The van der Waals surface area contributed by atoms with E-state index in [0.717, 1.165) is 52.1 Å². The molecule has 1 aliphatic carbocycles. The third-order valence-electron chi connectivity index (χ3n) is 4.33. The number of nitrogens with zero attached hydrogens (tertiary/aromatic N) is 2. The van der Waals surface area contributed by atoms with Crippen LogP contribution in [0.3, 0.4) is 0 Å². The molecule has 0 aromatic carbocycles. The third-order valence-corrected chi connectivity index (χ3v) is 4.33. The zero-order chi connectivity index (χ0) is 14.3. The van der Waals surface area contributed by atoms with Crippen molar-refractivity contribution in [3.05, 3.63) is 0 Å². The average molecular weight is 270 g/mol. The molecule has 19 heavy (non-hydrogen) atoms. The minimum Gasteiger partial charge on any atom is -0.481 e. The topological polar surface area (TPSA) is 43.8 Å². The highest BCUT2D eigenvalue weighted by molar-refractivity contribution is 5.68. The fourth-order valence-corrected chi connectivity index (χ4v) is 2.77. The van der Waals surface area contributed by atoms with Crippen molar-refractivity contribution in [1.29, 1.82) is 0 Å². The molecule has 0 heterocycles. The molecule has 0 spiro atoms. The van der Waals surface area contributed by atoms with Gasteiger partial charge in [-0.1, -0.05) is 20.8 Å². The molecular weight excluding hydrogens is 240 g/mol. The number of hydrogen-bond acceptors (Lipinski definition) is 3. The number of aliphatic carboxylic acids is 1. The van der Waals surface area contributed by atoms with Crippen molar-refractivity contribution in [2.45, 2.75) is 46.5 Å². The van der Waals surface area contributed by atoms with Crippen LogP contribution in [0.25, 0.3) is 0 Å². The van der Waals surface area contributed by atoms with Crippen molar-refractivity contribution in [3.63, 3.8) is 0 Å². The van der Waals surface area contributed by atoms with Crippen LogP contribution in [-0.2, 0) is 4.79 Å². The Morgan fingerprint density at radius 1 is 1.05 bits per heavy atom. The standard InChI is InChI=1S/C15H30N2O2/c1-4-16(5-2)10-7-11-17(6-3)13-15(8-9-15)12-14(18)19/h4-13H2,1-3H3,(H,18,19). The van der Waals surface area contributed by atoms with Crippen molar-refractivity contribution in [3.8, 4) is 0 Å². The molecule has 4 nitrogen and oxygen atoms in total. The van der Waals surface area contributed by atoms with Crippen LogP contribution in [0.2, 0.25) is 0 Å². The van der Waals surface area contributed by atoms with Crippen LogP contribution in [-0.4, -0.2) is 60.1 Å². The molecule has 1 fully saturated rings. The van der Waals surface area contributed by atoms with Crippen molar-refractivity contribution < 1.29 is 9.90 Å². The summed E-state index contributed by atoms with van der Waals surface area (Å²) in [6, 6.07) is 0. The average Bonchev–Trinajstić information content (AvgIpc) is 3.12. The van der Waals surface area contributed by atoms with Gasteiger partial charge < -0.3 is 14.9 Å². The van der Waals surface area contributed by atoms with Crippen LogP contribution in [0.1, 0.15) is 46.5 Å². The number of carboxylic acid groups (broad SMARTS) is 1. The predicted molar refractivity (Wildman–Crippen MR) is 78.4 cm³/mol. The van der Waals surface area contributed by atoms with Gasteiger partial charge in [-0.2, -0.15) is 0 Å². The molecular formula is C15H30N2O2. The summed E-state index contributed by atoms with van der Waals surface area (Å²) in [5, 5.41) is 8.96. The Morgan fingerprint density at radius 3 is 2.00 bits per heavy atom. The monoisotopic (exact) mass is 270 g/mol. The molecule has 0 aliphatic heterocycles. The zero-order valence-electron chi connectivity index (χ0n) is 12.8. The minimum atomic E-state index is -0.642. The van der Waals surface area contributed by atoms with Crippen LogP contribution in [0.4, 0.5) is 0 Å². The van der Waals surface area contributed by atoms with E-state index in [-0.39, 0.29) is 5.41 Å². The second kappa shape index (κ2) is 7.85. The molecule has 1 rings (SSSR count). The van der Waals surface area contributed by atoms with E-state index < -0.39 is 5.97 Å². The fourth-order valence-electron chi connectivity index (χ4n) is 2.77. The molecule has 0 unspecified atom stereocenters. The van der Waals surface area contributed by atoms with Crippen LogP contribution in [0.5, 0.6) is 0 Å². The molecule has 0 aromatic rings. The summed E-state index contributed by atoms with van der Waals surface area (Å²) in [6.45, 7) is 13.0. The summed E-state index contributed by atoms with van der Waals surface area (Å²) in [5.41, 5.74) is 0.0943. The highest BCUT2D eigenvalue weighted by Crippen LogP contribution is 2.49. The van der Waals surface area contributed by atoms with E-state index in [1.54, 1.807) is 0 Å². The molecule has 0 amide bonds. The van der Waals surface area contributed by atoms with E-state index in [9.17, 15) is 4.79 Å². The van der Waals surface area contributed by atoms with Gasteiger partial charge in [0.1, 0.15) is 0 Å². The SMILES string of the molecule is CCN(CC)CCCN(CC)CC1(CC(=O)O)CC1. The molecule has 4 heteroatoms. The largest absolute Gasteiger partial charge is 0.481 e. The lowest BCUT2D eigenvalue weighted by molar-refractivity contribution is -0.138. The Bertz CT molecular complexity index is 273. The first-order valence-electron chi connectivity index (χ1n) is 7.71. The number of carboxylic acids is 1. The highest BCUT2D eigenvalue weighted by Gasteiger charge is 2.45. The second-order valence-electron chi connectivity index (χ2n) is 5.82. The zero-order valence-corrected chi connectivity index (χ0v) is 12.8. The van der Waals surface area contributed by atoms with E-state index in [4.69, 9.17) is 5.11 Å². The molecule has 1 N–H and O–H groups in total. The minimum absolute atomic E-state index is 0.0943. The van der Waals surface area contributed by atoms with Crippen LogP contribution in [0.15, 0.2) is 0 Å². The van der Waals surface area contributed by atoms with E-state index in [0.29, 0.717) is 6.42 Å². The first-order chi connectivity index (χ1) is 9.05. The summed E-state index contributed by atoms with van der Waals surface area (Å²) >= 11 is 0. The smallest absolute Gasteiger partial charge is 0.303 e. The van der Waals surface area contributed by atoms with Crippen molar-refractivity contribution >= 4 is 5.97 Å². The number of carbonyl (C=O) groups is 1. The van der Waals surface area contributed by atoms with Crippen molar-refractivity contribution in [1.82, 2.24) is 9.80 Å². The van der Waals surface area contributed by atoms with Gasteiger partial charge in [0.05, 0.1) is 6.42 Å². The van der Waals surface area contributed by atoms with Gasteiger partial charge in [0.25, 0.3) is 0 Å². The fraction of sp³-hybridized carbons (Fsp3) is 0.933. The molecule has 0 aromatic heterocycles. The lowest BCUT2D eigenvalue weighted by atomic mass is 10.0. The molecule has 0 atom stereocenters. The van der Waals surface area contributed by atoms with Gasteiger partial charge in [-0.25, -0.2) is 0 Å². The number of rotatable bonds is 11. The van der Waals surface area contributed by atoms with Crippen molar-refractivity contribution in [2.24, 2.45) is 5.41 Å². The van der Waals surface area contributed by atoms with E-state index in [2.05, 4.69) is 30.6 Å². The lowest BCUT2D eigenvalue weighted by Crippen LogP contribution is -2.34. The maximum atomic E-state index is 10.9. The Morgan fingerprint density at radius 2 is 1.58 bits per heavy atom. The molecule has 112 valence electrons. The first-order valence-corrected chi connectivity index (χ1v) is 7.71. The predicted octanol–water partition coefficient (Wildman–Crippen LogP) is 2.30. The Kier molecular flexibility index (Phi) is 6.80. The van der Waals surface area contributed by atoms with Gasteiger partial charge in [-0.05, 0) is 57.4 Å². The van der Waals surface area contributed by atoms with Gasteiger partial charge in [0, 0.05) is 6.54 Å². The van der Waals surface area contributed by atoms with E-state index in [1.807, 2.05) is 0 Å². The Hall–Kier alpha value is -0.610. The molecule has 1 aliphatic rings. The van der Waals surface area contributed by atoms with E-state index >= 15 is 0 Å². The third kappa shape index (κ3) is 5.91. The summed E-state index contributed by atoms with van der Waals surface area (Å²) in [4.78, 5) is 15.8. The first kappa shape index (κ1) is 16.4. The van der Waals surface area contributed by atoms with Gasteiger partial charge >= 0.3 is 5.97 Å². The quantitative estimate of drug-likeness (QED) is 0.625. The normalized spacial score (nSPS) is 17.1.